The first kappa shape index (κ1) is 13.0. The second-order valence-corrected chi connectivity index (χ2v) is 5.21. The van der Waals surface area contributed by atoms with Crippen LogP contribution in [0, 0.1) is 17.8 Å². The highest BCUT2D eigenvalue weighted by Gasteiger charge is 2.30. The van der Waals surface area contributed by atoms with Crippen LogP contribution < -0.4 is 5.32 Å². The molecule has 2 heteroatoms. The molecular formula is C13H27NO. The maximum absolute atomic E-state index is 5.51. The van der Waals surface area contributed by atoms with Gasteiger partial charge < -0.3 is 10.1 Å². The average molecular weight is 213 g/mol. The quantitative estimate of drug-likeness (QED) is 0.732. The van der Waals surface area contributed by atoms with Crippen molar-refractivity contribution in [1.82, 2.24) is 5.32 Å². The third-order valence-electron chi connectivity index (χ3n) is 3.72. The molecule has 1 fully saturated rings. The Hall–Kier alpha value is -0.0800. The first-order chi connectivity index (χ1) is 7.16. The molecule has 0 radical (unpaired) electrons. The lowest BCUT2D eigenvalue weighted by Crippen LogP contribution is -2.43. The first-order valence-electron chi connectivity index (χ1n) is 6.48. The predicted octanol–water partition coefficient (Wildman–Crippen LogP) is 2.68. The van der Waals surface area contributed by atoms with Gasteiger partial charge in [-0.3, -0.25) is 0 Å². The molecule has 1 aliphatic heterocycles. The van der Waals surface area contributed by atoms with E-state index in [9.17, 15) is 0 Å². The molecule has 0 aromatic heterocycles. The van der Waals surface area contributed by atoms with Crippen LogP contribution >= 0.6 is 0 Å². The highest BCUT2D eigenvalue weighted by atomic mass is 16.5. The number of ether oxygens (including phenoxy) is 1. The molecular weight excluding hydrogens is 186 g/mol. The summed E-state index contributed by atoms with van der Waals surface area (Å²) in [6, 6.07) is 0.646. The second kappa shape index (κ2) is 6.49. The van der Waals surface area contributed by atoms with Gasteiger partial charge in [0.2, 0.25) is 0 Å². The van der Waals surface area contributed by atoms with E-state index in [1.54, 1.807) is 0 Å². The van der Waals surface area contributed by atoms with Crippen molar-refractivity contribution in [2.75, 3.05) is 19.8 Å². The molecule has 0 amide bonds. The summed E-state index contributed by atoms with van der Waals surface area (Å²) < 4.78 is 5.51. The summed E-state index contributed by atoms with van der Waals surface area (Å²) in [4.78, 5) is 0. The van der Waals surface area contributed by atoms with Gasteiger partial charge in [-0.05, 0) is 31.2 Å². The van der Waals surface area contributed by atoms with Crippen LogP contribution in [0.5, 0.6) is 0 Å². The minimum absolute atomic E-state index is 0.646. The van der Waals surface area contributed by atoms with Crippen LogP contribution in [-0.4, -0.2) is 25.8 Å². The SMILES string of the molecule is CCCNC(C1CCOC1)C(C)C(C)C. The van der Waals surface area contributed by atoms with E-state index in [2.05, 4.69) is 33.0 Å². The summed E-state index contributed by atoms with van der Waals surface area (Å²) in [5.41, 5.74) is 0. The highest BCUT2D eigenvalue weighted by molar-refractivity contribution is 4.84. The van der Waals surface area contributed by atoms with Crippen LogP contribution in [0.3, 0.4) is 0 Å². The monoisotopic (exact) mass is 213 g/mol. The third kappa shape index (κ3) is 3.76. The van der Waals surface area contributed by atoms with Gasteiger partial charge in [-0.2, -0.15) is 0 Å². The van der Waals surface area contributed by atoms with Gasteiger partial charge in [0.1, 0.15) is 0 Å². The Morgan fingerprint density at radius 1 is 1.33 bits per heavy atom. The van der Waals surface area contributed by atoms with Gasteiger partial charge in [0, 0.05) is 18.6 Å². The lowest BCUT2D eigenvalue weighted by atomic mass is 9.82. The Bertz CT molecular complexity index is 162. The fourth-order valence-electron chi connectivity index (χ4n) is 2.34. The second-order valence-electron chi connectivity index (χ2n) is 5.21. The summed E-state index contributed by atoms with van der Waals surface area (Å²) in [7, 11) is 0. The van der Waals surface area contributed by atoms with Gasteiger partial charge in [0.05, 0.1) is 6.61 Å². The van der Waals surface area contributed by atoms with E-state index < -0.39 is 0 Å². The van der Waals surface area contributed by atoms with E-state index in [0.29, 0.717) is 6.04 Å². The largest absolute Gasteiger partial charge is 0.381 e. The van der Waals surface area contributed by atoms with Crippen LogP contribution in [0.25, 0.3) is 0 Å². The van der Waals surface area contributed by atoms with E-state index in [1.807, 2.05) is 0 Å². The van der Waals surface area contributed by atoms with Crippen molar-refractivity contribution in [3.63, 3.8) is 0 Å². The van der Waals surface area contributed by atoms with Crippen LogP contribution in [-0.2, 0) is 4.74 Å². The molecule has 0 bridgehead atoms. The number of hydrogen-bond donors (Lipinski definition) is 1. The number of hydrogen-bond acceptors (Lipinski definition) is 2. The maximum atomic E-state index is 5.51. The molecule has 0 spiro atoms. The summed E-state index contributed by atoms with van der Waals surface area (Å²) in [6.45, 7) is 12.3. The molecule has 1 saturated heterocycles. The zero-order valence-corrected chi connectivity index (χ0v) is 10.8. The normalized spacial score (nSPS) is 25.8. The molecule has 0 aromatic rings. The van der Waals surface area contributed by atoms with Gasteiger partial charge in [-0.15, -0.1) is 0 Å². The molecule has 2 nitrogen and oxygen atoms in total. The Morgan fingerprint density at radius 2 is 2.07 bits per heavy atom. The summed E-state index contributed by atoms with van der Waals surface area (Å²) >= 11 is 0. The molecule has 1 aliphatic rings. The number of nitrogens with one attached hydrogen (secondary N) is 1. The third-order valence-corrected chi connectivity index (χ3v) is 3.72. The molecule has 1 rings (SSSR count). The average Bonchev–Trinajstić information content (AvgIpc) is 2.71. The Kier molecular flexibility index (Phi) is 5.62. The zero-order chi connectivity index (χ0) is 11.3. The van der Waals surface area contributed by atoms with Crippen molar-refractivity contribution >= 4 is 0 Å². The fourth-order valence-corrected chi connectivity index (χ4v) is 2.34. The van der Waals surface area contributed by atoms with Crippen molar-refractivity contribution in [2.24, 2.45) is 17.8 Å². The fraction of sp³-hybridized carbons (Fsp3) is 1.00. The van der Waals surface area contributed by atoms with E-state index in [4.69, 9.17) is 4.74 Å². The van der Waals surface area contributed by atoms with Crippen molar-refractivity contribution in [2.45, 2.75) is 46.6 Å². The molecule has 3 atom stereocenters. The smallest absolute Gasteiger partial charge is 0.0510 e. The standard InChI is InChI=1S/C13H27NO/c1-5-7-14-13(11(4)10(2)3)12-6-8-15-9-12/h10-14H,5-9H2,1-4H3. The van der Waals surface area contributed by atoms with Crippen molar-refractivity contribution in [1.29, 1.82) is 0 Å². The van der Waals surface area contributed by atoms with Gasteiger partial charge in [-0.1, -0.05) is 27.7 Å². The Labute approximate surface area is 94.8 Å². The molecule has 0 aromatic carbocycles. The molecule has 0 aliphatic carbocycles. The molecule has 0 saturated carbocycles. The lowest BCUT2D eigenvalue weighted by Gasteiger charge is -2.32. The van der Waals surface area contributed by atoms with Crippen LogP contribution in [0.1, 0.15) is 40.5 Å². The molecule has 1 heterocycles. The van der Waals surface area contributed by atoms with E-state index in [1.165, 1.54) is 12.8 Å². The highest BCUT2D eigenvalue weighted by Crippen LogP contribution is 2.26. The van der Waals surface area contributed by atoms with E-state index in [-0.39, 0.29) is 0 Å². The minimum Gasteiger partial charge on any atom is -0.381 e. The Morgan fingerprint density at radius 3 is 2.53 bits per heavy atom. The Balaban J connectivity index is 2.50. The van der Waals surface area contributed by atoms with Crippen LogP contribution in [0.2, 0.25) is 0 Å². The molecule has 15 heavy (non-hydrogen) atoms. The first-order valence-corrected chi connectivity index (χ1v) is 6.48. The van der Waals surface area contributed by atoms with Crippen molar-refractivity contribution < 1.29 is 4.74 Å². The molecule has 3 unspecified atom stereocenters. The van der Waals surface area contributed by atoms with Crippen molar-refractivity contribution in [3.8, 4) is 0 Å². The zero-order valence-electron chi connectivity index (χ0n) is 10.8. The summed E-state index contributed by atoms with van der Waals surface area (Å²) in [5, 5.41) is 3.71. The van der Waals surface area contributed by atoms with Crippen molar-refractivity contribution in [3.05, 3.63) is 0 Å². The minimum atomic E-state index is 0.646. The van der Waals surface area contributed by atoms with Gasteiger partial charge in [-0.25, -0.2) is 0 Å². The van der Waals surface area contributed by atoms with Gasteiger partial charge in [0.15, 0.2) is 0 Å². The van der Waals surface area contributed by atoms with Crippen LogP contribution in [0.15, 0.2) is 0 Å². The van der Waals surface area contributed by atoms with Gasteiger partial charge in [0.25, 0.3) is 0 Å². The van der Waals surface area contributed by atoms with E-state index in [0.717, 1.165) is 37.5 Å². The van der Waals surface area contributed by atoms with Crippen LogP contribution in [0.4, 0.5) is 0 Å². The summed E-state index contributed by atoms with van der Waals surface area (Å²) in [5.74, 6) is 2.22. The summed E-state index contributed by atoms with van der Waals surface area (Å²) in [6.07, 6.45) is 2.45. The lowest BCUT2D eigenvalue weighted by molar-refractivity contribution is 0.157. The molecule has 1 N–H and O–H groups in total. The van der Waals surface area contributed by atoms with E-state index >= 15 is 0 Å². The predicted molar refractivity (Wildman–Crippen MR) is 65.0 cm³/mol. The molecule has 90 valence electrons. The van der Waals surface area contributed by atoms with Gasteiger partial charge >= 0.3 is 0 Å². The topological polar surface area (TPSA) is 21.3 Å². The maximum Gasteiger partial charge on any atom is 0.0510 e. The number of rotatable bonds is 6.